The van der Waals surface area contributed by atoms with Crippen molar-refractivity contribution < 1.29 is 9.59 Å². The van der Waals surface area contributed by atoms with E-state index in [1.807, 2.05) is 18.2 Å². The number of benzene rings is 2. The lowest BCUT2D eigenvalue weighted by molar-refractivity contribution is 0.0625. The number of nitrogens with two attached hydrogens (primary N) is 1. The number of carbonyl (C=O) groups is 2. The van der Waals surface area contributed by atoms with E-state index in [9.17, 15) is 9.59 Å². The summed E-state index contributed by atoms with van der Waals surface area (Å²) in [5.41, 5.74) is 7.32. The molecule has 124 valence electrons. The van der Waals surface area contributed by atoms with E-state index in [-0.39, 0.29) is 11.5 Å². The van der Waals surface area contributed by atoms with Crippen molar-refractivity contribution in [1.82, 2.24) is 9.80 Å². The first-order valence-electron chi connectivity index (χ1n) is 8.09. The Kier molecular flexibility index (Phi) is 4.91. The highest BCUT2D eigenvalue weighted by Gasteiger charge is 2.24. The van der Waals surface area contributed by atoms with Crippen molar-refractivity contribution in [2.24, 2.45) is 5.73 Å². The van der Waals surface area contributed by atoms with E-state index in [2.05, 4.69) is 17.0 Å². The molecule has 3 rings (SSSR count). The van der Waals surface area contributed by atoms with Gasteiger partial charge in [0.2, 0.25) is 5.91 Å². The van der Waals surface area contributed by atoms with Crippen LogP contribution in [0.25, 0.3) is 0 Å². The van der Waals surface area contributed by atoms with Crippen LogP contribution < -0.4 is 5.73 Å². The van der Waals surface area contributed by atoms with Crippen molar-refractivity contribution in [3.8, 4) is 0 Å². The van der Waals surface area contributed by atoms with Gasteiger partial charge < -0.3 is 10.6 Å². The molecule has 2 aromatic carbocycles. The predicted molar refractivity (Wildman–Crippen MR) is 92.6 cm³/mol. The van der Waals surface area contributed by atoms with Gasteiger partial charge in [0.15, 0.2) is 0 Å². The van der Waals surface area contributed by atoms with Crippen LogP contribution in [0.5, 0.6) is 0 Å². The Bertz CT molecular complexity index is 722. The van der Waals surface area contributed by atoms with Crippen molar-refractivity contribution >= 4 is 11.8 Å². The second-order valence-electron chi connectivity index (χ2n) is 5.96. The van der Waals surface area contributed by atoms with Crippen LogP contribution in [0.3, 0.4) is 0 Å². The summed E-state index contributed by atoms with van der Waals surface area (Å²) in [5.74, 6) is -0.689. The Morgan fingerprint density at radius 3 is 2.04 bits per heavy atom. The van der Waals surface area contributed by atoms with E-state index in [0.29, 0.717) is 18.7 Å². The summed E-state index contributed by atoms with van der Waals surface area (Å²) in [6.07, 6.45) is 0. The fraction of sp³-hybridized carbons (Fsp3) is 0.263. The summed E-state index contributed by atoms with van der Waals surface area (Å²) < 4.78 is 0. The summed E-state index contributed by atoms with van der Waals surface area (Å²) in [6.45, 7) is 3.83. The van der Waals surface area contributed by atoms with E-state index in [1.165, 1.54) is 5.56 Å². The highest BCUT2D eigenvalue weighted by Crippen LogP contribution is 2.14. The SMILES string of the molecule is NC(=O)c1ccccc1C(=O)N1CCN(Cc2ccccc2)CC1. The van der Waals surface area contributed by atoms with Gasteiger partial charge >= 0.3 is 0 Å². The highest BCUT2D eigenvalue weighted by atomic mass is 16.2. The van der Waals surface area contributed by atoms with Gasteiger partial charge in [-0.15, -0.1) is 0 Å². The minimum atomic E-state index is -0.568. The molecule has 1 fully saturated rings. The van der Waals surface area contributed by atoms with Gasteiger partial charge in [-0.1, -0.05) is 42.5 Å². The molecule has 1 heterocycles. The number of carbonyl (C=O) groups excluding carboxylic acids is 2. The molecule has 0 spiro atoms. The fourth-order valence-corrected chi connectivity index (χ4v) is 3.01. The van der Waals surface area contributed by atoms with Gasteiger partial charge in [0, 0.05) is 32.7 Å². The van der Waals surface area contributed by atoms with Crippen LogP contribution in [-0.4, -0.2) is 47.8 Å². The van der Waals surface area contributed by atoms with Crippen molar-refractivity contribution in [2.45, 2.75) is 6.54 Å². The molecule has 0 bridgehead atoms. The zero-order chi connectivity index (χ0) is 16.9. The van der Waals surface area contributed by atoms with Crippen molar-refractivity contribution in [3.63, 3.8) is 0 Å². The van der Waals surface area contributed by atoms with Crippen LogP contribution in [-0.2, 0) is 6.54 Å². The number of piperazine rings is 1. The normalized spacial score (nSPS) is 15.2. The average Bonchev–Trinajstić information content (AvgIpc) is 2.62. The second kappa shape index (κ2) is 7.27. The maximum absolute atomic E-state index is 12.7. The van der Waals surface area contributed by atoms with Gasteiger partial charge in [-0.3, -0.25) is 14.5 Å². The molecular formula is C19H21N3O2. The Labute approximate surface area is 141 Å². The molecule has 0 radical (unpaired) electrons. The van der Waals surface area contributed by atoms with Gasteiger partial charge in [0.1, 0.15) is 0 Å². The van der Waals surface area contributed by atoms with Gasteiger partial charge in [0.05, 0.1) is 11.1 Å². The largest absolute Gasteiger partial charge is 0.366 e. The minimum absolute atomic E-state index is 0.122. The highest BCUT2D eigenvalue weighted by molar-refractivity contribution is 6.06. The second-order valence-corrected chi connectivity index (χ2v) is 5.96. The van der Waals surface area contributed by atoms with Crippen LogP contribution in [0, 0.1) is 0 Å². The topological polar surface area (TPSA) is 66.6 Å². The lowest BCUT2D eigenvalue weighted by Crippen LogP contribution is -2.48. The lowest BCUT2D eigenvalue weighted by Gasteiger charge is -2.35. The van der Waals surface area contributed by atoms with Gasteiger partial charge in [-0.2, -0.15) is 0 Å². The molecule has 5 heteroatoms. The molecule has 0 atom stereocenters. The average molecular weight is 323 g/mol. The van der Waals surface area contributed by atoms with E-state index in [0.717, 1.165) is 19.6 Å². The van der Waals surface area contributed by atoms with Crippen molar-refractivity contribution in [3.05, 3.63) is 71.3 Å². The van der Waals surface area contributed by atoms with E-state index >= 15 is 0 Å². The zero-order valence-electron chi connectivity index (χ0n) is 13.5. The van der Waals surface area contributed by atoms with Crippen LogP contribution in [0.4, 0.5) is 0 Å². The summed E-state index contributed by atoms with van der Waals surface area (Å²) >= 11 is 0. The molecule has 0 saturated carbocycles. The van der Waals surface area contributed by atoms with Gasteiger partial charge in [-0.25, -0.2) is 0 Å². The molecule has 1 aliphatic heterocycles. The van der Waals surface area contributed by atoms with Crippen LogP contribution in [0.2, 0.25) is 0 Å². The van der Waals surface area contributed by atoms with Crippen molar-refractivity contribution in [2.75, 3.05) is 26.2 Å². The summed E-state index contributed by atoms with van der Waals surface area (Å²) in [6, 6.07) is 17.0. The summed E-state index contributed by atoms with van der Waals surface area (Å²) in [4.78, 5) is 28.3. The smallest absolute Gasteiger partial charge is 0.254 e. The third kappa shape index (κ3) is 3.63. The van der Waals surface area contributed by atoms with Crippen LogP contribution in [0.15, 0.2) is 54.6 Å². The maximum atomic E-state index is 12.7. The van der Waals surface area contributed by atoms with E-state index in [1.54, 1.807) is 29.2 Å². The minimum Gasteiger partial charge on any atom is -0.366 e. The van der Waals surface area contributed by atoms with E-state index < -0.39 is 5.91 Å². The number of nitrogens with zero attached hydrogens (tertiary/aromatic N) is 2. The number of primary amides is 1. The fourth-order valence-electron chi connectivity index (χ4n) is 3.01. The quantitative estimate of drug-likeness (QED) is 0.932. The van der Waals surface area contributed by atoms with Crippen molar-refractivity contribution in [1.29, 1.82) is 0 Å². The molecule has 1 saturated heterocycles. The molecule has 5 nitrogen and oxygen atoms in total. The number of rotatable bonds is 4. The summed E-state index contributed by atoms with van der Waals surface area (Å²) in [7, 11) is 0. The van der Waals surface area contributed by atoms with Crippen LogP contribution in [0.1, 0.15) is 26.3 Å². The van der Waals surface area contributed by atoms with E-state index in [4.69, 9.17) is 5.73 Å². The number of hydrogen-bond donors (Lipinski definition) is 1. The predicted octanol–water partition coefficient (Wildman–Crippen LogP) is 1.74. The maximum Gasteiger partial charge on any atom is 0.254 e. The Morgan fingerprint density at radius 1 is 0.833 bits per heavy atom. The first kappa shape index (κ1) is 16.2. The third-order valence-corrected chi connectivity index (χ3v) is 4.33. The van der Waals surface area contributed by atoms with Gasteiger partial charge in [0.25, 0.3) is 5.91 Å². The molecule has 0 unspecified atom stereocenters. The lowest BCUT2D eigenvalue weighted by atomic mass is 10.1. The third-order valence-electron chi connectivity index (χ3n) is 4.33. The first-order chi connectivity index (χ1) is 11.6. The summed E-state index contributed by atoms with van der Waals surface area (Å²) in [5, 5.41) is 0. The molecular weight excluding hydrogens is 302 g/mol. The molecule has 0 aliphatic carbocycles. The Balaban J connectivity index is 1.62. The molecule has 2 N–H and O–H groups in total. The van der Waals surface area contributed by atoms with Gasteiger partial charge in [-0.05, 0) is 17.7 Å². The molecule has 2 amide bonds. The molecule has 1 aliphatic rings. The monoisotopic (exact) mass is 323 g/mol. The Morgan fingerprint density at radius 2 is 1.42 bits per heavy atom. The molecule has 0 aromatic heterocycles. The molecule has 2 aromatic rings. The number of hydrogen-bond acceptors (Lipinski definition) is 3. The standard InChI is InChI=1S/C19H21N3O2/c20-18(23)16-8-4-5-9-17(16)19(24)22-12-10-21(11-13-22)14-15-6-2-1-3-7-15/h1-9H,10-14H2,(H2,20,23). The Hall–Kier alpha value is -2.66. The number of amides is 2. The van der Waals surface area contributed by atoms with Crippen LogP contribution >= 0.6 is 0 Å². The molecule has 24 heavy (non-hydrogen) atoms. The zero-order valence-corrected chi connectivity index (χ0v) is 13.5. The first-order valence-corrected chi connectivity index (χ1v) is 8.09.